The van der Waals surface area contributed by atoms with Crippen LogP contribution in [0.15, 0.2) is 18.5 Å². The van der Waals surface area contributed by atoms with Crippen LogP contribution in [-0.2, 0) is 0 Å². The minimum atomic E-state index is -2.40. The first-order valence-corrected chi connectivity index (χ1v) is 7.08. The summed E-state index contributed by atoms with van der Waals surface area (Å²) < 4.78 is 27.5. The summed E-state index contributed by atoms with van der Waals surface area (Å²) in [6, 6.07) is 1.47. The smallest absolute Gasteiger partial charge is 0.251 e. The molecule has 0 radical (unpaired) electrons. The van der Waals surface area contributed by atoms with Crippen LogP contribution in [-0.4, -0.2) is 55.0 Å². The molecule has 0 spiro atoms. The number of nitrogens with zero attached hydrogens (tertiary/aromatic N) is 5. The quantitative estimate of drug-likeness (QED) is 0.752. The van der Waals surface area contributed by atoms with Gasteiger partial charge in [0.05, 0.1) is 24.3 Å². The highest BCUT2D eigenvalue weighted by Gasteiger charge is 2.36. The maximum Gasteiger partial charge on any atom is 0.251 e. The number of aromatic amines is 1. The van der Waals surface area contributed by atoms with E-state index in [1.165, 1.54) is 0 Å². The van der Waals surface area contributed by atoms with Crippen molar-refractivity contribution in [1.29, 1.82) is 0 Å². The van der Waals surface area contributed by atoms with Gasteiger partial charge in [0.15, 0.2) is 17.1 Å². The number of nitrogens with one attached hydrogen (secondary N) is 1. The van der Waals surface area contributed by atoms with Crippen LogP contribution in [0.25, 0.3) is 16.8 Å². The summed E-state index contributed by atoms with van der Waals surface area (Å²) in [5.41, 5.74) is 8.10. The van der Waals surface area contributed by atoms with E-state index in [-0.39, 0.29) is 18.6 Å². The van der Waals surface area contributed by atoms with E-state index in [4.69, 9.17) is 5.73 Å². The highest BCUT2D eigenvalue weighted by molar-refractivity contribution is 5.74. The molecule has 0 aliphatic carbocycles. The fourth-order valence-corrected chi connectivity index (χ4v) is 3.20. The van der Waals surface area contributed by atoms with Gasteiger partial charge in [0.2, 0.25) is 0 Å². The molecule has 116 valence electrons. The molecule has 0 saturated carbocycles. The van der Waals surface area contributed by atoms with E-state index >= 15 is 0 Å². The molecule has 4 heterocycles. The fourth-order valence-electron chi connectivity index (χ4n) is 3.20. The standard InChI is InChI=1S/C13H15F2N7/c14-10(15)6-21-5-7(16)3-9(21)13-20-19-11-4-18-12-8(22(11)13)1-2-17-12/h1-2,4,7,9-10,17H,3,5-6,16H2/t7-,9-/m1/s1. The zero-order valence-electron chi connectivity index (χ0n) is 11.7. The number of aromatic nitrogens is 5. The van der Waals surface area contributed by atoms with Crippen molar-refractivity contribution in [3.05, 3.63) is 24.3 Å². The molecule has 0 amide bonds. The minimum Gasteiger partial charge on any atom is -0.345 e. The molecule has 1 aliphatic rings. The maximum absolute atomic E-state index is 12.8. The van der Waals surface area contributed by atoms with Gasteiger partial charge in [-0.25, -0.2) is 13.8 Å². The van der Waals surface area contributed by atoms with Gasteiger partial charge in [0.25, 0.3) is 6.43 Å². The molecule has 7 nitrogen and oxygen atoms in total. The zero-order chi connectivity index (χ0) is 15.3. The molecule has 2 atom stereocenters. The number of nitrogens with two attached hydrogens (primary N) is 1. The van der Waals surface area contributed by atoms with Crippen LogP contribution in [0, 0.1) is 0 Å². The summed E-state index contributed by atoms with van der Waals surface area (Å²) in [4.78, 5) is 8.97. The lowest BCUT2D eigenvalue weighted by molar-refractivity contribution is 0.0801. The van der Waals surface area contributed by atoms with E-state index < -0.39 is 6.43 Å². The monoisotopic (exact) mass is 307 g/mol. The van der Waals surface area contributed by atoms with Gasteiger partial charge in [-0.3, -0.25) is 9.30 Å². The zero-order valence-corrected chi connectivity index (χ0v) is 11.7. The third kappa shape index (κ3) is 2.04. The summed E-state index contributed by atoms with van der Waals surface area (Å²) in [7, 11) is 0. The molecule has 3 N–H and O–H groups in total. The van der Waals surface area contributed by atoms with Gasteiger partial charge in [-0.1, -0.05) is 0 Å². The Morgan fingerprint density at radius 2 is 2.27 bits per heavy atom. The predicted octanol–water partition coefficient (Wildman–Crippen LogP) is 0.945. The number of rotatable bonds is 3. The van der Waals surface area contributed by atoms with Crippen molar-refractivity contribution in [2.24, 2.45) is 5.73 Å². The topological polar surface area (TPSA) is 88.1 Å². The van der Waals surface area contributed by atoms with E-state index in [2.05, 4.69) is 20.2 Å². The Hall–Kier alpha value is -2.13. The van der Waals surface area contributed by atoms with Crippen molar-refractivity contribution in [2.45, 2.75) is 24.9 Å². The van der Waals surface area contributed by atoms with Crippen molar-refractivity contribution >= 4 is 16.8 Å². The normalized spacial score (nSPS) is 23.3. The van der Waals surface area contributed by atoms with Gasteiger partial charge in [-0.05, 0) is 12.5 Å². The van der Waals surface area contributed by atoms with Crippen LogP contribution in [0.2, 0.25) is 0 Å². The Morgan fingerprint density at radius 1 is 1.41 bits per heavy atom. The summed E-state index contributed by atoms with van der Waals surface area (Å²) in [5.74, 6) is 0.635. The van der Waals surface area contributed by atoms with Crippen LogP contribution < -0.4 is 5.73 Å². The molecule has 9 heteroatoms. The van der Waals surface area contributed by atoms with Crippen LogP contribution in [0.4, 0.5) is 8.78 Å². The molecule has 0 aromatic carbocycles. The summed E-state index contributed by atoms with van der Waals surface area (Å²) in [5, 5.41) is 8.33. The summed E-state index contributed by atoms with van der Waals surface area (Å²) in [6.07, 6.45) is 1.57. The van der Waals surface area contributed by atoms with Gasteiger partial charge in [-0.2, -0.15) is 0 Å². The van der Waals surface area contributed by atoms with Crippen molar-refractivity contribution in [3.63, 3.8) is 0 Å². The second-order valence-corrected chi connectivity index (χ2v) is 5.58. The predicted molar refractivity (Wildman–Crippen MR) is 75.5 cm³/mol. The lowest BCUT2D eigenvalue weighted by Crippen LogP contribution is -2.32. The molecule has 0 bridgehead atoms. The Bertz CT molecular complexity index is 811. The molecule has 0 unspecified atom stereocenters. The molecule has 22 heavy (non-hydrogen) atoms. The molecule has 4 rings (SSSR count). The van der Waals surface area contributed by atoms with E-state index in [9.17, 15) is 8.78 Å². The molecular weight excluding hydrogens is 292 g/mol. The lowest BCUT2D eigenvalue weighted by atomic mass is 10.1. The van der Waals surface area contributed by atoms with E-state index in [0.29, 0.717) is 30.1 Å². The SMILES string of the molecule is N[C@@H]1C[C@H](c2nnc3cnc4[nH]ccc4n23)N(CC(F)F)C1. The molecular formula is C13H15F2N7. The third-order valence-corrected chi connectivity index (χ3v) is 4.07. The second-order valence-electron chi connectivity index (χ2n) is 5.58. The number of likely N-dealkylation sites (tertiary alicyclic amines) is 1. The first-order valence-electron chi connectivity index (χ1n) is 7.08. The van der Waals surface area contributed by atoms with Crippen molar-refractivity contribution in [2.75, 3.05) is 13.1 Å². The average molecular weight is 307 g/mol. The highest BCUT2D eigenvalue weighted by atomic mass is 19.3. The van der Waals surface area contributed by atoms with Crippen molar-refractivity contribution in [3.8, 4) is 0 Å². The number of hydrogen-bond acceptors (Lipinski definition) is 5. The Morgan fingerprint density at radius 3 is 3.09 bits per heavy atom. The fraction of sp³-hybridized carbons (Fsp3) is 0.462. The second kappa shape index (κ2) is 4.96. The Labute approximate surface area is 124 Å². The van der Waals surface area contributed by atoms with Gasteiger partial charge < -0.3 is 10.7 Å². The average Bonchev–Trinajstić information content (AvgIpc) is 3.14. The maximum atomic E-state index is 12.8. The molecule has 1 fully saturated rings. The largest absolute Gasteiger partial charge is 0.345 e. The molecule has 3 aromatic heterocycles. The Kier molecular flexibility index (Phi) is 3.05. The lowest BCUT2D eigenvalue weighted by Gasteiger charge is -2.22. The molecule has 3 aromatic rings. The first-order chi connectivity index (χ1) is 10.6. The van der Waals surface area contributed by atoms with E-state index in [0.717, 1.165) is 5.52 Å². The summed E-state index contributed by atoms with van der Waals surface area (Å²) >= 11 is 0. The number of hydrogen-bond donors (Lipinski definition) is 2. The van der Waals surface area contributed by atoms with E-state index in [1.54, 1.807) is 17.3 Å². The van der Waals surface area contributed by atoms with Gasteiger partial charge in [-0.15, -0.1) is 10.2 Å². The summed E-state index contributed by atoms with van der Waals surface area (Å²) in [6.45, 7) is 0.125. The number of alkyl halides is 2. The van der Waals surface area contributed by atoms with E-state index in [1.807, 2.05) is 10.5 Å². The molecule has 1 saturated heterocycles. The van der Waals surface area contributed by atoms with Crippen LogP contribution in [0.3, 0.4) is 0 Å². The highest BCUT2D eigenvalue weighted by Crippen LogP contribution is 2.32. The van der Waals surface area contributed by atoms with Crippen LogP contribution in [0.1, 0.15) is 18.3 Å². The number of H-pyrrole nitrogens is 1. The molecule has 1 aliphatic heterocycles. The van der Waals surface area contributed by atoms with Crippen LogP contribution in [0.5, 0.6) is 0 Å². The number of halogens is 2. The first kappa shape index (κ1) is 13.5. The third-order valence-electron chi connectivity index (χ3n) is 4.07. The van der Waals surface area contributed by atoms with Gasteiger partial charge in [0.1, 0.15) is 0 Å². The minimum absolute atomic E-state index is 0.139. The Balaban J connectivity index is 1.84. The number of fused-ring (bicyclic) bond motifs is 3. The van der Waals surface area contributed by atoms with Crippen LogP contribution >= 0.6 is 0 Å². The van der Waals surface area contributed by atoms with Crippen molar-refractivity contribution in [1.82, 2.24) is 29.5 Å². The van der Waals surface area contributed by atoms with Gasteiger partial charge in [0, 0.05) is 18.8 Å². The van der Waals surface area contributed by atoms with Crippen molar-refractivity contribution < 1.29 is 8.78 Å². The van der Waals surface area contributed by atoms with Gasteiger partial charge >= 0.3 is 0 Å².